The zero-order valence-electron chi connectivity index (χ0n) is 17.0. The number of aromatic nitrogens is 1. The molecule has 0 atom stereocenters. The summed E-state index contributed by atoms with van der Waals surface area (Å²) in [5.41, 5.74) is 2.00. The van der Waals surface area contributed by atoms with Gasteiger partial charge >= 0.3 is 11.9 Å². The second kappa shape index (κ2) is 9.60. The Kier molecular flexibility index (Phi) is 6.69. The molecule has 0 radical (unpaired) electrons. The van der Waals surface area contributed by atoms with E-state index in [1.54, 1.807) is 24.3 Å². The van der Waals surface area contributed by atoms with E-state index >= 15 is 0 Å². The van der Waals surface area contributed by atoms with Crippen molar-refractivity contribution in [3.05, 3.63) is 59.7 Å². The highest BCUT2D eigenvalue weighted by atomic mass is 16.5. The van der Waals surface area contributed by atoms with Crippen LogP contribution in [0, 0.1) is 0 Å². The molecule has 0 aliphatic rings. The van der Waals surface area contributed by atoms with Crippen molar-refractivity contribution in [1.82, 2.24) is 4.98 Å². The number of carbonyl (C=O) groups is 2. The maximum absolute atomic E-state index is 11.7. The number of ether oxygens (including phenoxy) is 3. The van der Waals surface area contributed by atoms with Crippen molar-refractivity contribution in [2.24, 2.45) is 0 Å². The molecule has 0 bridgehead atoms. The quantitative estimate of drug-likeness (QED) is 0.242. The minimum Gasteiger partial charge on any atom is -0.492 e. The highest BCUT2D eigenvalue weighted by molar-refractivity contribution is 6.17. The number of para-hydroxylation sites is 2. The zero-order chi connectivity index (χ0) is 21.5. The van der Waals surface area contributed by atoms with E-state index in [9.17, 15) is 9.59 Å². The van der Waals surface area contributed by atoms with E-state index in [0.29, 0.717) is 30.5 Å². The van der Waals surface area contributed by atoms with Gasteiger partial charge in [0.1, 0.15) is 23.4 Å². The Morgan fingerprint density at radius 2 is 1.70 bits per heavy atom. The standard InChI is InChI=1S/C22H22N2O6/c1-24(22-23-18-6-4-5-7-19(18)30-22)12-13-29-16-10-8-15(9-11-16)14-17(20(25)27-2)21(26)28-3/h4-11,14H,12-13H2,1-3H3. The number of hydrogen-bond acceptors (Lipinski definition) is 8. The molecule has 30 heavy (non-hydrogen) atoms. The summed E-state index contributed by atoms with van der Waals surface area (Å²) in [6, 6.07) is 15.1. The van der Waals surface area contributed by atoms with Crippen LogP contribution in [-0.4, -0.2) is 51.3 Å². The number of rotatable bonds is 8. The van der Waals surface area contributed by atoms with E-state index in [-0.39, 0.29) is 5.57 Å². The molecule has 156 valence electrons. The number of methoxy groups -OCH3 is 2. The van der Waals surface area contributed by atoms with Gasteiger partial charge < -0.3 is 23.5 Å². The predicted octanol–water partition coefficient (Wildman–Crippen LogP) is 3.07. The molecule has 3 rings (SSSR count). The number of benzene rings is 2. The van der Waals surface area contributed by atoms with Crippen molar-refractivity contribution < 1.29 is 28.2 Å². The second-order valence-electron chi connectivity index (χ2n) is 6.34. The maximum atomic E-state index is 11.7. The Hall–Kier alpha value is -3.81. The van der Waals surface area contributed by atoms with Crippen molar-refractivity contribution >= 4 is 35.1 Å². The third-order valence-electron chi connectivity index (χ3n) is 4.31. The van der Waals surface area contributed by atoms with Gasteiger partial charge in [-0.05, 0) is 35.9 Å². The molecule has 8 heteroatoms. The van der Waals surface area contributed by atoms with Crippen molar-refractivity contribution in [3.8, 4) is 5.75 Å². The molecule has 0 spiro atoms. The summed E-state index contributed by atoms with van der Waals surface area (Å²) < 4.78 is 20.7. The lowest BCUT2D eigenvalue weighted by Gasteiger charge is -2.14. The molecule has 1 aromatic heterocycles. The van der Waals surface area contributed by atoms with Crippen LogP contribution in [0.25, 0.3) is 17.2 Å². The Morgan fingerprint density at radius 1 is 1.03 bits per heavy atom. The fourth-order valence-electron chi connectivity index (χ4n) is 2.67. The van der Waals surface area contributed by atoms with Crippen LogP contribution in [0.15, 0.2) is 58.5 Å². The van der Waals surface area contributed by atoms with Crippen LogP contribution < -0.4 is 9.64 Å². The lowest BCUT2D eigenvalue weighted by Crippen LogP contribution is -2.23. The van der Waals surface area contributed by atoms with Gasteiger partial charge in [0.15, 0.2) is 5.58 Å². The normalized spacial score (nSPS) is 10.4. The van der Waals surface area contributed by atoms with Gasteiger partial charge in [-0.15, -0.1) is 0 Å². The van der Waals surface area contributed by atoms with Gasteiger partial charge in [0.25, 0.3) is 6.01 Å². The van der Waals surface area contributed by atoms with Gasteiger partial charge in [-0.1, -0.05) is 24.3 Å². The lowest BCUT2D eigenvalue weighted by atomic mass is 10.1. The molecule has 2 aromatic carbocycles. The summed E-state index contributed by atoms with van der Waals surface area (Å²) in [5, 5.41) is 0. The van der Waals surface area contributed by atoms with E-state index in [1.807, 2.05) is 36.2 Å². The summed E-state index contributed by atoms with van der Waals surface area (Å²) >= 11 is 0. The summed E-state index contributed by atoms with van der Waals surface area (Å²) in [6.45, 7) is 0.989. The number of hydrogen-bond donors (Lipinski definition) is 0. The number of oxazole rings is 1. The van der Waals surface area contributed by atoms with Gasteiger partial charge in [0, 0.05) is 7.05 Å². The Labute approximate surface area is 173 Å². The maximum Gasteiger partial charge on any atom is 0.345 e. The molecule has 3 aromatic rings. The van der Waals surface area contributed by atoms with Gasteiger partial charge in [-0.3, -0.25) is 0 Å². The Balaban J connectivity index is 1.58. The van der Waals surface area contributed by atoms with Crippen LogP contribution in [0.5, 0.6) is 5.75 Å². The number of nitrogens with zero attached hydrogens (tertiary/aromatic N) is 2. The number of fused-ring (bicyclic) bond motifs is 1. The van der Waals surface area contributed by atoms with Crippen molar-refractivity contribution in [1.29, 1.82) is 0 Å². The summed E-state index contributed by atoms with van der Waals surface area (Å²) in [4.78, 5) is 29.8. The topological polar surface area (TPSA) is 91.1 Å². The van der Waals surface area contributed by atoms with E-state index < -0.39 is 11.9 Å². The number of anilines is 1. The summed E-state index contributed by atoms with van der Waals surface area (Å²) in [7, 11) is 4.28. The molecule has 0 saturated heterocycles. The van der Waals surface area contributed by atoms with E-state index in [1.165, 1.54) is 20.3 Å². The highest BCUT2D eigenvalue weighted by Gasteiger charge is 2.19. The SMILES string of the molecule is COC(=O)C(=Cc1ccc(OCCN(C)c2nc3ccccc3o2)cc1)C(=O)OC. The third-order valence-corrected chi connectivity index (χ3v) is 4.31. The molecular weight excluding hydrogens is 388 g/mol. The van der Waals surface area contributed by atoms with Crippen LogP contribution >= 0.6 is 0 Å². The molecule has 0 N–H and O–H groups in total. The van der Waals surface area contributed by atoms with Crippen LogP contribution in [-0.2, 0) is 19.1 Å². The molecule has 1 heterocycles. The molecule has 0 saturated carbocycles. The van der Waals surface area contributed by atoms with Crippen molar-refractivity contribution in [3.63, 3.8) is 0 Å². The van der Waals surface area contributed by atoms with Crippen LogP contribution in [0.3, 0.4) is 0 Å². The average molecular weight is 410 g/mol. The molecule has 0 fully saturated rings. The first kappa shape index (κ1) is 20.9. The van der Waals surface area contributed by atoms with E-state index in [0.717, 1.165) is 11.1 Å². The second-order valence-corrected chi connectivity index (χ2v) is 6.34. The molecule has 0 aliphatic carbocycles. The Morgan fingerprint density at radius 3 is 2.33 bits per heavy atom. The molecule has 8 nitrogen and oxygen atoms in total. The first-order chi connectivity index (χ1) is 14.5. The first-order valence-corrected chi connectivity index (χ1v) is 9.19. The smallest absolute Gasteiger partial charge is 0.345 e. The van der Waals surface area contributed by atoms with Crippen molar-refractivity contribution in [2.75, 3.05) is 39.3 Å². The van der Waals surface area contributed by atoms with Crippen molar-refractivity contribution in [2.45, 2.75) is 0 Å². The van der Waals surface area contributed by atoms with Crippen LogP contribution in [0.1, 0.15) is 5.56 Å². The molecule has 0 unspecified atom stereocenters. The number of likely N-dealkylation sites (N-methyl/N-ethyl adjacent to an activating group) is 1. The number of carbonyl (C=O) groups excluding carboxylic acids is 2. The molecule has 0 aliphatic heterocycles. The third kappa shape index (κ3) is 4.96. The highest BCUT2D eigenvalue weighted by Crippen LogP contribution is 2.21. The summed E-state index contributed by atoms with van der Waals surface area (Å²) in [6.07, 6.45) is 1.41. The zero-order valence-corrected chi connectivity index (χ0v) is 17.0. The minimum absolute atomic E-state index is 0.186. The average Bonchev–Trinajstić information content (AvgIpc) is 3.22. The predicted molar refractivity (Wildman–Crippen MR) is 111 cm³/mol. The molecular formula is C22H22N2O6. The Bertz CT molecular complexity index is 1000. The fraction of sp³-hybridized carbons (Fsp3) is 0.227. The summed E-state index contributed by atoms with van der Waals surface area (Å²) in [5.74, 6) is -0.871. The monoisotopic (exact) mass is 410 g/mol. The lowest BCUT2D eigenvalue weighted by molar-refractivity contribution is -0.143. The van der Waals surface area contributed by atoms with Gasteiger partial charge in [-0.25, -0.2) is 9.59 Å². The van der Waals surface area contributed by atoms with Crippen LogP contribution in [0.2, 0.25) is 0 Å². The first-order valence-electron chi connectivity index (χ1n) is 9.19. The fourth-order valence-corrected chi connectivity index (χ4v) is 2.67. The largest absolute Gasteiger partial charge is 0.492 e. The molecule has 0 amide bonds. The number of esters is 2. The van der Waals surface area contributed by atoms with Gasteiger partial charge in [-0.2, -0.15) is 4.98 Å². The van der Waals surface area contributed by atoms with Crippen LogP contribution in [0.4, 0.5) is 6.01 Å². The van der Waals surface area contributed by atoms with E-state index in [4.69, 9.17) is 9.15 Å². The van der Waals surface area contributed by atoms with Gasteiger partial charge in [0.05, 0.1) is 20.8 Å². The minimum atomic E-state index is -0.760. The van der Waals surface area contributed by atoms with Gasteiger partial charge in [0.2, 0.25) is 0 Å². The van der Waals surface area contributed by atoms with E-state index in [2.05, 4.69) is 14.5 Å².